The van der Waals surface area contributed by atoms with Gasteiger partial charge in [0.2, 0.25) is 0 Å². The lowest BCUT2D eigenvalue weighted by Gasteiger charge is -2.35. The molecule has 17 heavy (non-hydrogen) atoms. The molecule has 0 radical (unpaired) electrons. The summed E-state index contributed by atoms with van der Waals surface area (Å²) in [5.41, 5.74) is 0.925. The Kier molecular flexibility index (Phi) is 4.24. The molecule has 1 aliphatic rings. The lowest BCUT2D eigenvalue weighted by Crippen LogP contribution is -2.50. The molecule has 1 fully saturated rings. The van der Waals surface area contributed by atoms with Gasteiger partial charge < -0.3 is 10.2 Å². The monoisotopic (exact) mass is 256 g/mol. The molecule has 1 N–H and O–H groups in total. The van der Waals surface area contributed by atoms with Crippen molar-refractivity contribution in [2.24, 2.45) is 0 Å². The molecule has 0 spiro atoms. The van der Waals surface area contributed by atoms with Crippen molar-refractivity contribution in [3.05, 3.63) is 29.0 Å². The Morgan fingerprint density at radius 2 is 2.35 bits per heavy atom. The normalized spacial score (nSPS) is 20.6. The van der Waals surface area contributed by atoms with Crippen LogP contribution >= 0.6 is 11.6 Å². The van der Waals surface area contributed by atoms with Gasteiger partial charge in [0, 0.05) is 31.4 Å². The summed E-state index contributed by atoms with van der Waals surface area (Å²) in [5, 5.41) is 3.67. The summed E-state index contributed by atoms with van der Waals surface area (Å²) in [5.74, 6) is -0.338. The quantitative estimate of drug-likeness (QED) is 0.894. The third kappa shape index (κ3) is 3.11. The third-order valence-corrected chi connectivity index (χ3v) is 3.47. The van der Waals surface area contributed by atoms with Crippen molar-refractivity contribution in [3.63, 3.8) is 0 Å². The minimum Gasteiger partial charge on any atom is -0.369 e. The maximum absolute atomic E-state index is 13.4. The zero-order chi connectivity index (χ0) is 12.3. The van der Waals surface area contributed by atoms with Crippen molar-refractivity contribution in [3.8, 4) is 0 Å². The van der Waals surface area contributed by atoms with E-state index in [1.165, 1.54) is 12.5 Å². The smallest absolute Gasteiger partial charge is 0.143 e. The molecule has 2 rings (SSSR count). The van der Waals surface area contributed by atoms with Gasteiger partial charge >= 0.3 is 0 Å². The molecule has 0 amide bonds. The number of nitrogens with one attached hydrogen (secondary N) is 1. The van der Waals surface area contributed by atoms with Gasteiger partial charge in [0.05, 0.1) is 5.02 Å². The predicted octanol–water partition coefficient (Wildman–Crippen LogP) is 3.06. The highest BCUT2D eigenvalue weighted by Gasteiger charge is 2.19. The van der Waals surface area contributed by atoms with E-state index in [4.69, 9.17) is 11.6 Å². The molecular formula is C13H18ClFN2. The molecule has 1 saturated heterocycles. The highest BCUT2D eigenvalue weighted by molar-refractivity contribution is 6.30. The second-order valence-electron chi connectivity index (χ2n) is 4.48. The molecule has 4 heteroatoms. The van der Waals surface area contributed by atoms with Gasteiger partial charge in [0.15, 0.2) is 0 Å². The molecule has 1 aliphatic heterocycles. The van der Waals surface area contributed by atoms with Crippen LogP contribution in [0.3, 0.4) is 0 Å². The first kappa shape index (κ1) is 12.7. The number of piperazine rings is 1. The van der Waals surface area contributed by atoms with E-state index in [1.807, 2.05) is 6.07 Å². The average Bonchev–Trinajstić information content (AvgIpc) is 2.33. The Morgan fingerprint density at radius 3 is 3.06 bits per heavy atom. The maximum Gasteiger partial charge on any atom is 0.143 e. The number of anilines is 1. The number of rotatable bonds is 3. The first-order chi connectivity index (χ1) is 8.20. The van der Waals surface area contributed by atoms with E-state index in [0.717, 1.165) is 31.7 Å². The van der Waals surface area contributed by atoms with Gasteiger partial charge in [-0.3, -0.25) is 0 Å². The van der Waals surface area contributed by atoms with E-state index in [-0.39, 0.29) is 10.8 Å². The van der Waals surface area contributed by atoms with Crippen molar-refractivity contribution in [2.45, 2.75) is 25.8 Å². The van der Waals surface area contributed by atoms with E-state index >= 15 is 0 Å². The Bertz CT molecular complexity index is 382. The summed E-state index contributed by atoms with van der Waals surface area (Å²) in [6.45, 7) is 4.99. The molecule has 1 unspecified atom stereocenters. The molecule has 1 aromatic carbocycles. The highest BCUT2D eigenvalue weighted by Crippen LogP contribution is 2.23. The SMILES string of the molecule is CCCC1CN(c2ccc(Cl)c(F)c2)CCN1. The Hall–Kier alpha value is -0.800. The largest absolute Gasteiger partial charge is 0.369 e. The van der Waals surface area contributed by atoms with Crippen molar-refractivity contribution in [2.75, 3.05) is 24.5 Å². The van der Waals surface area contributed by atoms with E-state index in [1.54, 1.807) is 6.07 Å². The summed E-state index contributed by atoms with van der Waals surface area (Å²) >= 11 is 5.69. The van der Waals surface area contributed by atoms with Crippen LogP contribution < -0.4 is 10.2 Å². The van der Waals surface area contributed by atoms with Crippen LogP contribution in [0.5, 0.6) is 0 Å². The van der Waals surface area contributed by atoms with Gasteiger partial charge in [-0.2, -0.15) is 0 Å². The molecule has 1 aromatic rings. The van der Waals surface area contributed by atoms with Crippen LogP contribution in [0.4, 0.5) is 10.1 Å². The van der Waals surface area contributed by atoms with E-state index in [0.29, 0.717) is 6.04 Å². The van der Waals surface area contributed by atoms with Gasteiger partial charge in [0.25, 0.3) is 0 Å². The Labute approximate surface area is 107 Å². The fourth-order valence-electron chi connectivity index (χ4n) is 2.28. The highest BCUT2D eigenvalue weighted by atomic mass is 35.5. The third-order valence-electron chi connectivity index (χ3n) is 3.16. The molecule has 2 nitrogen and oxygen atoms in total. The summed E-state index contributed by atoms with van der Waals surface area (Å²) in [6, 6.07) is 5.55. The van der Waals surface area contributed by atoms with Gasteiger partial charge in [-0.05, 0) is 24.6 Å². The van der Waals surface area contributed by atoms with Crippen LogP contribution in [0.15, 0.2) is 18.2 Å². The van der Waals surface area contributed by atoms with Crippen molar-refractivity contribution in [1.82, 2.24) is 5.32 Å². The topological polar surface area (TPSA) is 15.3 Å². The van der Waals surface area contributed by atoms with E-state index < -0.39 is 0 Å². The van der Waals surface area contributed by atoms with Crippen LogP contribution in [0.2, 0.25) is 5.02 Å². The van der Waals surface area contributed by atoms with Crippen molar-refractivity contribution >= 4 is 17.3 Å². The fraction of sp³-hybridized carbons (Fsp3) is 0.538. The first-order valence-corrected chi connectivity index (χ1v) is 6.52. The lowest BCUT2D eigenvalue weighted by molar-refractivity contribution is 0.430. The molecule has 1 atom stereocenters. The number of halogens is 2. The molecule has 0 aliphatic carbocycles. The van der Waals surface area contributed by atoms with Gasteiger partial charge in [0.1, 0.15) is 5.82 Å². The second kappa shape index (κ2) is 5.69. The van der Waals surface area contributed by atoms with Gasteiger partial charge in [-0.25, -0.2) is 4.39 Å². The number of hydrogen-bond donors (Lipinski definition) is 1. The molecular weight excluding hydrogens is 239 g/mol. The predicted molar refractivity (Wildman–Crippen MR) is 70.3 cm³/mol. The maximum atomic E-state index is 13.4. The molecule has 0 bridgehead atoms. The van der Waals surface area contributed by atoms with E-state index in [2.05, 4.69) is 17.1 Å². The summed E-state index contributed by atoms with van der Waals surface area (Å²) in [7, 11) is 0. The minimum atomic E-state index is -0.338. The van der Waals surface area contributed by atoms with Crippen LogP contribution in [-0.4, -0.2) is 25.7 Å². The number of nitrogens with zero attached hydrogens (tertiary/aromatic N) is 1. The summed E-state index contributed by atoms with van der Waals surface area (Å²) in [6.07, 6.45) is 2.33. The lowest BCUT2D eigenvalue weighted by atomic mass is 10.1. The first-order valence-electron chi connectivity index (χ1n) is 6.14. The van der Waals surface area contributed by atoms with Crippen LogP contribution in [0, 0.1) is 5.82 Å². The zero-order valence-corrected chi connectivity index (χ0v) is 10.8. The van der Waals surface area contributed by atoms with E-state index in [9.17, 15) is 4.39 Å². The molecule has 0 aromatic heterocycles. The van der Waals surface area contributed by atoms with Crippen molar-refractivity contribution in [1.29, 1.82) is 0 Å². The second-order valence-corrected chi connectivity index (χ2v) is 4.89. The zero-order valence-electron chi connectivity index (χ0n) is 10.0. The van der Waals surface area contributed by atoms with Gasteiger partial charge in [-0.15, -0.1) is 0 Å². The van der Waals surface area contributed by atoms with Gasteiger partial charge in [-0.1, -0.05) is 24.9 Å². The van der Waals surface area contributed by atoms with Crippen molar-refractivity contribution < 1.29 is 4.39 Å². The molecule has 1 heterocycles. The fourth-order valence-corrected chi connectivity index (χ4v) is 2.40. The number of benzene rings is 1. The molecule has 94 valence electrons. The summed E-state index contributed by atoms with van der Waals surface area (Å²) < 4.78 is 13.4. The summed E-state index contributed by atoms with van der Waals surface area (Å²) in [4.78, 5) is 2.22. The standard InChI is InChI=1S/C13H18ClFN2/c1-2-3-10-9-17(7-6-16-10)11-4-5-12(14)13(15)8-11/h4-5,8,10,16H,2-3,6-7,9H2,1H3. The Morgan fingerprint density at radius 1 is 1.53 bits per heavy atom. The van der Waals surface area contributed by atoms with Crippen LogP contribution in [0.1, 0.15) is 19.8 Å². The average molecular weight is 257 g/mol. The number of hydrogen-bond acceptors (Lipinski definition) is 2. The van der Waals surface area contributed by atoms with Crippen LogP contribution in [0.25, 0.3) is 0 Å². The van der Waals surface area contributed by atoms with Crippen LogP contribution in [-0.2, 0) is 0 Å². The molecule has 0 saturated carbocycles. The Balaban J connectivity index is 2.08. The minimum absolute atomic E-state index is 0.189.